The van der Waals surface area contributed by atoms with Crippen molar-refractivity contribution >= 4 is 0 Å². The summed E-state index contributed by atoms with van der Waals surface area (Å²) in [5.74, 6) is 3.81. The zero-order chi connectivity index (χ0) is 18.1. The highest BCUT2D eigenvalue weighted by atomic mass is 16.5. The molecule has 1 aromatic carbocycles. The van der Waals surface area contributed by atoms with E-state index >= 15 is 0 Å². The van der Waals surface area contributed by atoms with Gasteiger partial charge < -0.3 is 15.2 Å². The normalized spacial score (nSPS) is 34.7. The van der Waals surface area contributed by atoms with Gasteiger partial charge >= 0.3 is 0 Å². The number of benzene rings is 1. The molecule has 2 N–H and O–H groups in total. The number of aliphatic hydroxyl groups is 1. The van der Waals surface area contributed by atoms with Gasteiger partial charge in [0.25, 0.3) is 0 Å². The Morgan fingerprint density at radius 3 is 2.19 bits per heavy atom. The van der Waals surface area contributed by atoms with Gasteiger partial charge in [-0.1, -0.05) is 19.1 Å². The fourth-order valence-corrected chi connectivity index (χ4v) is 6.10. The maximum absolute atomic E-state index is 10.1. The second-order valence-corrected chi connectivity index (χ2v) is 9.40. The molecule has 5 rings (SSSR count). The fourth-order valence-electron chi connectivity index (χ4n) is 6.10. The van der Waals surface area contributed by atoms with Crippen LogP contribution in [0.25, 0.3) is 0 Å². The zero-order valence-corrected chi connectivity index (χ0v) is 16.4. The molecule has 3 nitrogen and oxygen atoms in total. The van der Waals surface area contributed by atoms with Crippen LogP contribution >= 0.6 is 0 Å². The molecule has 0 aliphatic heterocycles. The maximum Gasteiger partial charge on any atom is 0.119 e. The van der Waals surface area contributed by atoms with Crippen molar-refractivity contribution in [3.05, 3.63) is 29.8 Å². The molecule has 3 heteroatoms. The van der Waals surface area contributed by atoms with Crippen molar-refractivity contribution in [1.82, 2.24) is 5.32 Å². The first kappa shape index (κ1) is 18.3. The lowest BCUT2D eigenvalue weighted by molar-refractivity contribution is -0.00521. The second kappa shape index (κ2) is 7.52. The standard InChI is InChI=1S/C23H35NO2/c1-3-16(2)24-14-21(25)15-26-22-6-4-20(5-7-22)23-11-17-8-18(12-23)10-19(9-17)13-23/h4-7,16-19,21,24-25H,3,8-15H2,1-2H3/t16-,17?,18?,19?,21+,23?/m0/s1. The predicted molar refractivity (Wildman–Crippen MR) is 106 cm³/mol. The Bertz CT molecular complexity index is 561. The predicted octanol–water partition coefficient (Wildman–Crippen LogP) is 4.28. The van der Waals surface area contributed by atoms with Gasteiger partial charge in [0.05, 0.1) is 0 Å². The summed E-state index contributed by atoms with van der Waals surface area (Å²) >= 11 is 0. The van der Waals surface area contributed by atoms with Crippen LogP contribution < -0.4 is 10.1 Å². The Hall–Kier alpha value is -1.06. The third-order valence-corrected chi connectivity index (χ3v) is 7.26. The molecular weight excluding hydrogens is 322 g/mol. The van der Waals surface area contributed by atoms with Crippen molar-refractivity contribution in [3.8, 4) is 5.75 Å². The van der Waals surface area contributed by atoms with E-state index in [0.717, 1.165) is 29.9 Å². The van der Waals surface area contributed by atoms with Crippen molar-refractivity contribution in [3.63, 3.8) is 0 Å². The Morgan fingerprint density at radius 2 is 1.65 bits per heavy atom. The minimum atomic E-state index is -0.466. The second-order valence-electron chi connectivity index (χ2n) is 9.40. The first-order chi connectivity index (χ1) is 12.6. The van der Waals surface area contributed by atoms with Gasteiger partial charge in [-0.2, -0.15) is 0 Å². The van der Waals surface area contributed by atoms with Gasteiger partial charge in [-0.15, -0.1) is 0 Å². The summed E-state index contributed by atoms with van der Waals surface area (Å²) in [4.78, 5) is 0. The Morgan fingerprint density at radius 1 is 1.08 bits per heavy atom. The lowest BCUT2D eigenvalue weighted by Crippen LogP contribution is -2.48. The van der Waals surface area contributed by atoms with E-state index in [0.29, 0.717) is 24.6 Å². The van der Waals surface area contributed by atoms with Crippen LogP contribution in [0.1, 0.15) is 64.4 Å². The van der Waals surface area contributed by atoms with E-state index in [4.69, 9.17) is 4.74 Å². The van der Waals surface area contributed by atoms with Gasteiger partial charge in [-0.3, -0.25) is 0 Å². The topological polar surface area (TPSA) is 41.5 Å². The summed E-state index contributed by atoms with van der Waals surface area (Å²) < 4.78 is 5.82. The van der Waals surface area contributed by atoms with Gasteiger partial charge in [-0.05, 0) is 92.7 Å². The zero-order valence-electron chi connectivity index (χ0n) is 16.4. The Balaban J connectivity index is 1.33. The van der Waals surface area contributed by atoms with Gasteiger partial charge in [0.2, 0.25) is 0 Å². The van der Waals surface area contributed by atoms with E-state index < -0.39 is 6.10 Å². The van der Waals surface area contributed by atoms with Crippen molar-refractivity contribution in [1.29, 1.82) is 0 Å². The largest absolute Gasteiger partial charge is 0.491 e. The maximum atomic E-state index is 10.1. The number of hydrogen-bond acceptors (Lipinski definition) is 3. The van der Waals surface area contributed by atoms with Crippen LogP contribution in [-0.4, -0.2) is 30.4 Å². The highest BCUT2D eigenvalue weighted by Gasteiger charge is 2.51. The van der Waals surface area contributed by atoms with Gasteiger partial charge in [0.1, 0.15) is 18.5 Å². The van der Waals surface area contributed by atoms with Gasteiger partial charge in [0.15, 0.2) is 0 Å². The molecule has 4 fully saturated rings. The summed E-state index contributed by atoms with van der Waals surface area (Å²) in [5, 5.41) is 13.4. The Labute approximate surface area is 158 Å². The van der Waals surface area contributed by atoms with Crippen LogP contribution in [0.2, 0.25) is 0 Å². The van der Waals surface area contributed by atoms with Gasteiger partial charge in [-0.25, -0.2) is 0 Å². The third-order valence-electron chi connectivity index (χ3n) is 7.26. The Kier molecular flexibility index (Phi) is 5.29. The smallest absolute Gasteiger partial charge is 0.119 e. The van der Waals surface area contributed by atoms with Crippen LogP contribution in [-0.2, 0) is 5.41 Å². The molecule has 4 aliphatic rings. The molecule has 26 heavy (non-hydrogen) atoms. The van der Waals surface area contributed by atoms with Crippen molar-refractivity contribution in [2.24, 2.45) is 17.8 Å². The van der Waals surface area contributed by atoms with Crippen LogP contribution in [0, 0.1) is 17.8 Å². The van der Waals surface area contributed by atoms with E-state index in [9.17, 15) is 5.11 Å². The lowest BCUT2D eigenvalue weighted by Gasteiger charge is -2.57. The van der Waals surface area contributed by atoms with Crippen LogP contribution in [0.15, 0.2) is 24.3 Å². The van der Waals surface area contributed by atoms with E-state index in [1.54, 1.807) is 0 Å². The monoisotopic (exact) mass is 357 g/mol. The number of nitrogens with one attached hydrogen (secondary N) is 1. The fraction of sp³-hybridized carbons (Fsp3) is 0.739. The molecule has 2 atom stereocenters. The summed E-state index contributed by atoms with van der Waals surface area (Å²) in [5.41, 5.74) is 1.98. The van der Waals surface area contributed by atoms with E-state index in [2.05, 4.69) is 43.4 Å². The van der Waals surface area contributed by atoms with Gasteiger partial charge in [0, 0.05) is 12.6 Å². The lowest BCUT2D eigenvalue weighted by atomic mass is 9.48. The van der Waals surface area contributed by atoms with Crippen LogP contribution in [0.3, 0.4) is 0 Å². The third kappa shape index (κ3) is 3.80. The molecule has 0 radical (unpaired) electrons. The average Bonchev–Trinajstić information content (AvgIpc) is 2.63. The highest BCUT2D eigenvalue weighted by Crippen LogP contribution is 2.60. The molecule has 0 amide bonds. The summed E-state index contributed by atoms with van der Waals surface area (Å²) in [7, 11) is 0. The molecule has 0 spiro atoms. The van der Waals surface area contributed by atoms with E-state index in [-0.39, 0.29) is 0 Å². The molecule has 4 aliphatic carbocycles. The molecule has 4 bridgehead atoms. The van der Waals surface area contributed by atoms with Crippen molar-refractivity contribution < 1.29 is 9.84 Å². The molecule has 0 unspecified atom stereocenters. The quantitative estimate of drug-likeness (QED) is 0.729. The molecule has 0 heterocycles. The van der Waals surface area contributed by atoms with Crippen LogP contribution in [0.4, 0.5) is 0 Å². The molecule has 1 aromatic rings. The minimum Gasteiger partial charge on any atom is -0.491 e. The van der Waals surface area contributed by atoms with Crippen LogP contribution in [0.5, 0.6) is 5.75 Å². The SMILES string of the molecule is CC[C@H](C)NC[C@@H](O)COc1ccc(C23CC4CC(CC(C4)C2)C3)cc1. The number of hydrogen-bond donors (Lipinski definition) is 2. The molecule has 0 aromatic heterocycles. The highest BCUT2D eigenvalue weighted by molar-refractivity contribution is 5.34. The summed E-state index contributed by atoms with van der Waals surface area (Å²) in [6.07, 6.45) is 9.28. The molecule has 144 valence electrons. The number of rotatable bonds is 8. The first-order valence-electron chi connectivity index (χ1n) is 10.7. The number of aliphatic hydroxyl groups excluding tert-OH is 1. The average molecular weight is 358 g/mol. The summed E-state index contributed by atoms with van der Waals surface area (Å²) in [6, 6.07) is 9.26. The number of ether oxygens (including phenoxy) is 1. The van der Waals surface area contributed by atoms with E-state index in [1.807, 2.05) is 0 Å². The molecular formula is C23H35NO2. The van der Waals surface area contributed by atoms with Crippen molar-refractivity contribution in [2.45, 2.75) is 76.4 Å². The van der Waals surface area contributed by atoms with Crippen molar-refractivity contribution in [2.75, 3.05) is 13.2 Å². The first-order valence-corrected chi connectivity index (χ1v) is 10.7. The minimum absolute atomic E-state index is 0.347. The molecule has 4 saturated carbocycles. The van der Waals surface area contributed by atoms with E-state index in [1.165, 1.54) is 44.1 Å². The molecule has 0 saturated heterocycles. The summed E-state index contributed by atoms with van der Waals surface area (Å²) in [6.45, 7) is 5.21.